The molecule has 0 atom stereocenters. The van der Waals surface area contributed by atoms with Crippen molar-refractivity contribution in [3.8, 4) is 10.6 Å². The van der Waals surface area contributed by atoms with Crippen LogP contribution in [0.15, 0.2) is 40.4 Å². The smallest absolute Gasteiger partial charge is 0.123 e. The number of aryl methyl sites for hydroxylation is 1. The molecule has 1 N–H and O–H groups in total. The van der Waals surface area contributed by atoms with Crippen LogP contribution in [0.1, 0.15) is 16.8 Å². The SMILES string of the molecule is Cc1cscc1CNCc1csc(-c2ccc(F)cc2)n1. The number of nitrogens with zero attached hydrogens (tertiary/aromatic N) is 1. The second-order valence-corrected chi connectivity index (χ2v) is 6.44. The number of thiophene rings is 1. The quantitative estimate of drug-likeness (QED) is 0.743. The lowest BCUT2D eigenvalue weighted by atomic mass is 10.2. The van der Waals surface area contributed by atoms with Gasteiger partial charge in [-0.15, -0.1) is 11.3 Å². The first-order valence-electron chi connectivity index (χ1n) is 6.65. The van der Waals surface area contributed by atoms with Gasteiger partial charge in [-0.25, -0.2) is 9.37 Å². The molecule has 21 heavy (non-hydrogen) atoms. The fraction of sp³-hybridized carbons (Fsp3) is 0.188. The van der Waals surface area contributed by atoms with Gasteiger partial charge in [-0.3, -0.25) is 0 Å². The van der Waals surface area contributed by atoms with Crippen LogP contribution in [0.5, 0.6) is 0 Å². The molecule has 0 aliphatic carbocycles. The highest BCUT2D eigenvalue weighted by Crippen LogP contribution is 2.24. The van der Waals surface area contributed by atoms with Gasteiger partial charge >= 0.3 is 0 Å². The van der Waals surface area contributed by atoms with E-state index in [0.29, 0.717) is 0 Å². The zero-order chi connectivity index (χ0) is 14.7. The highest BCUT2D eigenvalue weighted by Gasteiger charge is 2.05. The van der Waals surface area contributed by atoms with Gasteiger partial charge in [0.05, 0.1) is 5.69 Å². The maximum absolute atomic E-state index is 12.9. The molecule has 2 aromatic heterocycles. The summed E-state index contributed by atoms with van der Waals surface area (Å²) in [6, 6.07) is 6.46. The molecule has 0 unspecified atom stereocenters. The van der Waals surface area contributed by atoms with Crippen molar-refractivity contribution in [2.24, 2.45) is 0 Å². The van der Waals surface area contributed by atoms with Crippen molar-refractivity contribution in [1.29, 1.82) is 0 Å². The molecule has 2 nitrogen and oxygen atoms in total. The topological polar surface area (TPSA) is 24.9 Å². The van der Waals surface area contributed by atoms with Crippen molar-refractivity contribution >= 4 is 22.7 Å². The fourth-order valence-electron chi connectivity index (χ4n) is 2.01. The van der Waals surface area contributed by atoms with E-state index in [1.54, 1.807) is 34.8 Å². The van der Waals surface area contributed by atoms with Crippen molar-refractivity contribution < 1.29 is 4.39 Å². The Morgan fingerprint density at radius 3 is 2.62 bits per heavy atom. The summed E-state index contributed by atoms with van der Waals surface area (Å²) in [4.78, 5) is 4.59. The molecule has 0 aliphatic heterocycles. The number of thiazole rings is 1. The summed E-state index contributed by atoms with van der Waals surface area (Å²) < 4.78 is 12.9. The molecule has 2 heterocycles. The Kier molecular flexibility index (Phi) is 4.43. The molecule has 1 aromatic carbocycles. The van der Waals surface area contributed by atoms with E-state index < -0.39 is 0 Å². The molecule has 0 aliphatic rings. The summed E-state index contributed by atoms with van der Waals surface area (Å²) in [6.45, 7) is 3.73. The lowest BCUT2D eigenvalue weighted by molar-refractivity contribution is 0.628. The summed E-state index contributed by atoms with van der Waals surface area (Å²) in [5.41, 5.74) is 4.65. The molecule has 0 bridgehead atoms. The molecule has 0 saturated heterocycles. The van der Waals surface area contributed by atoms with Crippen LogP contribution >= 0.6 is 22.7 Å². The summed E-state index contributed by atoms with van der Waals surface area (Å²) in [5.74, 6) is -0.219. The third-order valence-corrected chi connectivity index (χ3v) is 5.08. The zero-order valence-corrected chi connectivity index (χ0v) is 13.2. The molecule has 0 spiro atoms. The van der Waals surface area contributed by atoms with Gasteiger partial charge in [0.25, 0.3) is 0 Å². The van der Waals surface area contributed by atoms with Gasteiger partial charge in [0.1, 0.15) is 10.8 Å². The highest BCUT2D eigenvalue weighted by atomic mass is 32.1. The molecular formula is C16H15FN2S2. The number of aromatic nitrogens is 1. The molecule has 3 aromatic rings. The standard InChI is InChI=1S/C16H15FN2S2/c1-11-8-20-9-13(11)6-18-7-15-10-21-16(19-15)12-2-4-14(17)5-3-12/h2-5,8-10,18H,6-7H2,1H3. The van der Waals surface area contributed by atoms with E-state index in [9.17, 15) is 4.39 Å². The van der Waals surface area contributed by atoms with Crippen molar-refractivity contribution in [2.45, 2.75) is 20.0 Å². The van der Waals surface area contributed by atoms with Gasteiger partial charge in [0.15, 0.2) is 0 Å². The summed E-state index contributed by atoms with van der Waals surface area (Å²) in [7, 11) is 0. The van der Waals surface area contributed by atoms with Gasteiger partial charge in [-0.1, -0.05) is 0 Å². The number of benzene rings is 1. The summed E-state index contributed by atoms with van der Waals surface area (Å²) in [5, 5.41) is 10.7. The minimum Gasteiger partial charge on any atom is -0.307 e. The van der Waals surface area contributed by atoms with Gasteiger partial charge in [0, 0.05) is 24.0 Å². The summed E-state index contributed by atoms with van der Waals surface area (Å²) >= 11 is 3.32. The average Bonchev–Trinajstić information content (AvgIpc) is 3.10. The number of hydrogen-bond donors (Lipinski definition) is 1. The molecule has 0 fully saturated rings. The summed E-state index contributed by atoms with van der Waals surface area (Å²) in [6.07, 6.45) is 0. The van der Waals surface area contributed by atoms with Crippen molar-refractivity contribution in [2.75, 3.05) is 0 Å². The van der Waals surface area contributed by atoms with E-state index in [1.807, 2.05) is 5.38 Å². The van der Waals surface area contributed by atoms with Gasteiger partial charge < -0.3 is 5.32 Å². The molecule has 3 rings (SSSR count). The van der Waals surface area contributed by atoms with E-state index in [0.717, 1.165) is 29.4 Å². The molecule has 0 radical (unpaired) electrons. The highest BCUT2D eigenvalue weighted by molar-refractivity contribution is 7.13. The van der Waals surface area contributed by atoms with Crippen LogP contribution < -0.4 is 5.32 Å². The van der Waals surface area contributed by atoms with Gasteiger partial charge in [-0.2, -0.15) is 11.3 Å². The Morgan fingerprint density at radius 1 is 1.10 bits per heavy atom. The van der Waals surface area contributed by atoms with Crippen molar-refractivity contribution in [1.82, 2.24) is 10.3 Å². The normalized spacial score (nSPS) is 11.0. The first kappa shape index (κ1) is 14.4. The third kappa shape index (κ3) is 3.56. The van der Waals surface area contributed by atoms with Crippen LogP contribution in [-0.2, 0) is 13.1 Å². The predicted octanol–water partition coefficient (Wildman–Crippen LogP) is 4.61. The largest absolute Gasteiger partial charge is 0.307 e. The lowest BCUT2D eigenvalue weighted by Gasteiger charge is -2.02. The van der Waals surface area contributed by atoms with E-state index in [4.69, 9.17) is 0 Å². The van der Waals surface area contributed by atoms with Crippen LogP contribution in [0.4, 0.5) is 4.39 Å². The van der Waals surface area contributed by atoms with E-state index in [-0.39, 0.29) is 5.82 Å². The minimum absolute atomic E-state index is 0.219. The van der Waals surface area contributed by atoms with Crippen molar-refractivity contribution in [3.05, 3.63) is 63.0 Å². The Bertz CT molecular complexity index is 716. The fourth-order valence-corrected chi connectivity index (χ4v) is 3.69. The first-order valence-corrected chi connectivity index (χ1v) is 8.47. The lowest BCUT2D eigenvalue weighted by Crippen LogP contribution is -2.12. The Morgan fingerprint density at radius 2 is 1.90 bits per heavy atom. The number of rotatable bonds is 5. The Hall–Kier alpha value is -1.56. The molecular weight excluding hydrogens is 303 g/mol. The third-order valence-electron chi connectivity index (χ3n) is 3.23. The van der Waals surface area contributed by atoms with Crippen molar-refractivity contribution in [3.63, 3.8) is 0 Å². The Balaban J connectivity index is 1.60. The second-order valence-electron chi connectivity index (χ2n) is 4.83. The molecule has 0 amide bonds. The zero-order valence-electron chi connectivity index (χ0n) is 11.6. The van der Waals surface area contributed by atoms with E-state index >= 15 is 0 Å². The predicted molar refractivity (Wildman–Crippen MR) is 87.1 cm³/mol. The monoisotopic (exact) mass is 318 g/mol. The minimum atomic E-state index is -0.219. The number of nitrogens with one attached hydrogen (secondary N) is 1. The maximum Gasteiger partial charge on any atom is 0.123 e. The first-order chi connectivity index (χ1) is 10.2. The Labute approximate surface area is 131 Å². The van der Waals surface area contributed by atoms with Crippen LogP contribution in [0.3, 0.4) is 0 Å². The van der Waals surface area contributed by atoms with E-state index in [1.165, 1.54) is 23.3 Å². The molecule has 5 heteroatoms. The maximum atomic E-state index is 12.9. The van der Waals surface area contributed by atoms with Crippen LogP contribution in [0.2, 0.25) is 0 Å². The van der Waals surface area contributed by atoms with Gasteiger partial charge in [-0.05, 0) is 53.1 Å². The van der Waals surface area contributed by atoms with Crippen LogP contribution in [0.25, 0.3) is 10.6 Å². The number of halogens is 1. The van der Waals surface area contributed by atoms with Crippen LogP contribution in [0, 0.1) is 12.7 Å². The number of hydrogen-bond acceptors (Lipinski definition) is 4. The second kappa shape index (κ2) is 6.47. The van der Waals surface area contributed by atoms with Crippen LogP contribution in [-0.4, -0.2) is 4.98 Å². The molecule has 108 valence electrons. The average molecular weight is 318 g/mol. The molecule has 0 saturated carbocycles. The van der Waals surface area contributed by atoms with E-state index in [2.05, 4.69) is 28.0 Å². The van der Waals surface area contributed by atoms with Gasteiger partial charge in [0.2, 0.25) is 0 Å².